The molecule has 5 nitrogen and oxygen atoms in total. The minimum atomic E-state index is 0.488. The van der Waals surface area contributed by atoms with E-state index in [1.165, 1.54) is 32.1 Å². The molecule has 2 aromatic rings. The summed E-state index contributed by atoms with van der Waals surface area (Å²) < 4.78 is 0. The predicted molar refractivity (Wildman–Crippen MR) is 89.9 cm³/mol. The van der Waals surface area contributed by atoms with E-state index < -0.39 is 0 Å². The van der Waals surface area contributed by atoms with Gasteiger partial charge in [0, 0.05) is 24.8 Å². The van der Waals surface area contributed by atoms with Gasteiger partial charge in [0.1, 0.15) is 5.82 Å². The molecule has 0 saturated heterocycles. The summed E-state index contributed by atoms with van der Waals surface area (Å²) in [5.41, 5.74) is 1.72. The van der Waals surface area contributed by atoms with E-state index in [0.717, 1.165) is 23.8 Å². The van der Waals surface area contributed by atoms with E-state index in [-0.39, 0.29) is 0 Å². The van der Waals surface area contributed by atoms with Gasteiger partial charge >= 0.3 is 0 Å². The monoisotopic (exact) mass is 297 g/mol. The fourth-order valence-corrected chi connectivity index (χ4v) is 2.86. The molecule has 0 unspecified atom stereocenters. The summed E-state index contributed by atoms with van der Waals surface area (Å²) in [6.07, 6.45) is 8.12. The number of pyridine rings is 1. The highest BCUT2D eigenvalue weighted by Gasteiger charge is 2.15. The van der Waals surface area contributed by atoms with Crippen molar-refractivity contribution in [3.05, 3.63) is 30.5 Å². The third kappa shape index (κ3) is 3.72. The summed E-state index contributed by atoms with van der Waals surface area (Å²) in [4.78, 5) is 13.6. The molecule has 0 atom stereocenters. The minimum Gasteiger partial charge on any atom is -0.370 e. The van der Waals surface area contributed by atoms with Crippen LogP contribution in [-0.2, 0) is 0 Å². The minimum absolute atomic E-state index is 0.488. The number of aromatic nitrogens is 3. The molecule has 1 saturated carbocycles. The van der Waals surface area contributed by atoms with Crippen molar-refractivity contribution in [1.29, 1.82) is 0 Å². The van der Waals surface area contributed by atoms with Gasteiger partial charge in [0.25, 0.3) is 0 Å². The molecule has 0 spiro atoms. The van der Waals surface area contributed by atoms with Crippen LogP contribution in [0.5, 0.6) is 0 Å². The summed E-state index contributed by atoms with van der Waals surface area (Å²) >= 11 is 0. The first-order valence-corrected chi connectivity index (χ1v) is 8.16. The van der Waals surface area contributed by atoms with Crippen molar-refractivity contribution in [2.75, 3.05) is 17.2 Å². The molecule has 0 radical (unpaired) electrons. The summed E-state index contributed by atoms with van der Waals surface area (Å²) in [5, 5.41) is 6.78. The van der Waals surface area contributed by atoms with Gasteiger partial charge in [-0.2, -0.15) is 4.98 Å². The van der Waals surface area contributed by atoms with Gasteiger partial charge in [-0.15, -0.1) is 0 Å². The zero-order valence-electron chi connectivity index (χ0n) is 13.0. The molecule has 1 aliphatic carbocycles. The SMILES string of the molecule is CCNc1cc(-c2ccccn2)nc(NC2CCCCC2)n1. The molecule has 1 fully saturated rings. The Bertz CT molecular complexity index is 593. The van der Waals surface area contributed by atoms with Crippen LogP contribution in [0.4, 0.5) is 11.8 Å². The summed E-state index contributed by atoms with van der Waals surface area (Å²) in [6, 6.07) is 8.31. The second kappa shape index (κ2) is 7.20. The lowest BCUT2D eigenvalue weighted by molar-refractivity contribution is 0.461. The van der Waals surface area contributed by atoms with E-state index in [4.69, 9.17) is 0 Å². The van der Waals surface area contributed by atoms with Crippen LogP contribution in [0.15, 0.2) is 30.5 Å². The molecular weight excluding hydrogens is 274 g/mol. The third-order valence-corrected chi connectivity index (χ3v) is 3.95. The van der Waals surface area contributed by atoms with Crippen LogP contribution in [-0.4, -0.2) is 27.5 Å². The predicted octanol–water partition coefficient (Wildman–Crippen LogP) is 3.72. The number of rotatable bonds is 5. The van der Waals surface area contributed by atoms with Crippen molar-refractivity contribution >= 4 is 11.8 Å². The van der Waals surface area contributed by atoms with Crippen LogP contribution in [0, 0.1) is 0 Å². The van der Waals surface area contributed by atoms with Crippen molar-refractivity contribution in [2.24, 2.45) is 0 Å². The quantitative estimate of drug-likeness (QED) is 0.880. The number of hydrogen-bond acceptors (Lipinski definition) is 5. The topological polar surface area (TPSA) is 62.7 Å². The first kappa shape index (κ1) is 14.8. The largest absolute Gasteiger partial charge is 0.370 e. The van der Waals surface area contributed by atoms with Gasteiger partial charge in [0.15, 0.2) is 0 Å². The molecule has 0 bridgehead atoms. The molecule has 1 aliphatic rings. The standard InChI is InChI=1S/C17H23N5/c1-2-18-16-12-15(14-10-6-7-11-19-14)21-17(22-16)20-13-8-4-3-5-9-13/h6-7,10-13H,2-5,8-9H2,1H3,(H2,18,20,21,22). The first-order valence-electron chi connectivity index (χ1n) is 8.16. The molecule has 22 heavy (non-hydrogen) atoms. The first-order chi connectivity index (χ1) is 10.8. The molecule has 0 amide bonds. The fraction of sp³-hybridized carbons (Fsp3) is 0.471. The maximum Gasteiger partial charge on any atom is 0.225 e. The Balaban J connectivity index is 1.86. The maximum atomic E-state index is 4.66. The van der Waals surface area contributed by atoms with Gasteiger partial charge in [0.05, 0.1) is 11.4 Å². The van der Waals surface area contributed by atoms with Gasteiger partial charge in [-0.3, -0.25) is 4.98 Å². The van der Waals surface area contributed by atoms with E-state index in [0.29, 0.717) is 12.0 Å². The third-order valence-electron chi connectivity index (χ3n) is 3.95. The van der Waals surface area contributed by atoms with E-state index in [1.807, 2.05) is 24.3 Å². The van der Waals surface area contributed by atoms with Gasteiger partial charge < -0.3 is 10.6 Å². The van der Waals surface area contributed by atoms with Crippen molar-refractivity contribution < 1.29 is 0 Å². The van der Waals surface area contributed by atoms with Crippen molar-refractivity contribution in [3.63, 3.8) is 0 Å². The second-order valence-electron chi connectivity index (χ2n) is 5.69. The van der Waals surface area contributed by atoms with Gasteiger partial charge in [-0.1, -0.05) is 25.3 Å². The number of nitrogens with zero attached hydrogens (tertiary/aromatic N) is 3. The number of nitrogens with one attached hydrogen (secondary N) is 2. The van der Waals surface area contributed by atoms with Crippen LogP contribution in [0.2, 0.25) is 0 Å². The molecule has 2 N–H and O–H groups in total. The molecule has 0 aliphatic heterocycles. The molecule has 0 aromatic carbocycles. The van der Waals surface area contributed by atoms with Crippen molar-refractivity contribution in [3.8, 4) is 11.4 Å². The zero-order valence-corrected chi connectivity index (χ0v) is 13.0. The van der Waals surface area contributed by atoms with Gasteiger partial charge in [-0.25, -0.2) is 4.98 Å². The zero-order chi connectivity index (χ0) is 15.2. The second-order valence-corrected chi connectivity index (χ2v) is 5.69. The van der Waals surface area contributed by atoms with Crippen LogP contribution in [0.1, 0.15) is 39.0 Å². The number of hydrogen-bond donors (Lipinski definition) is 2. The van der Waals surface area contributed by atoms with Crippen molar-refractivity contribution in [2.45, 2.75) is 45.1 Å². The van der Waals surface area contributed by atoms with Crippen LogP contribution >= 0.6 is 0 Å². The van der Waals surface area contributed by atoms with Gasteiger partial charge in [-0.05, 0) is 31.9 Å². The smallest absolute Gasteiger partial charge is 0.225 e. The Labute approximate surface area is 131 Å². The fourth-order valence-electron chi connectivity index (χ4n) is 2.86. The van der Waals surface area contributed by atoms with Crippen LogP contribution in [0.25, 0.3) is 11.4 Å². The lowest BCUT2D eigenvalue weighted by Gasteiger charge is -2.23. The van der Waals surface area contributed by atoms with Crippen LogP contribution < -0.4 is 10.6 Å². The lowest BCUT2D eigenvalue weighted by atomic mass is 9.96. The molecule has 2 heterocycles. The summed E-state index contributed by atoms with van der Waals surface area (Å²) in [7, 11) is 0. The van der Waals surface area contributed by atoms with E-state index in [9.17, 15) is 0 Å². The normalized spacial score (nSPS) is 15.5. The molecular formula is C17H23N5. The molecule has 5 heteroatoms. The Hall–Kier alpha value is -2.17. The molecule has 2 aromatic heterocycles. The summed E-state index contributed by atoms with van der Waals surface area (Å²) in [5.74, 6) is 1.54. The average molecular weight is 297 g/mol. The molecule has 3 rings (SSSR count). The Morgan fingerprint density at radius 3 is 2.68 bits per heavy atom. The highest BCUT2D eigenvalue weighted by molar-refractivity contribution is 5.60. The highest BCUT2D eigenvalue weighted by Crippen LogP contribution is 2.23. The van der Waals surface area contributed by atoms with Gasteiger partial charge in [0.2, 0.25) is 5.95 Å². The van der Waals surface area contributed by atoms with E-state index >= 15 is 0 Å². The van der Waals surface area contributed by atoms with Crippen molar-refractivity contribution in [1.82, 2.24) is 15.0 Å². The number of anilines is 2. The Kier molecular flexibility index (Phi) is 4.83. The highest BCUT2D eigenvalue weighted by atomic mass is 15.2. The summed E-state index contributed by atoms with van der Waals surface area (Å²) in [6.45, 7) is 2.90. The van der Waals surface area contributed by atoms with E-state index in [1.54, 1.807) is 6.20 Å². The Morgan fingerprint density at radius 2 is 1.95 bits per heavy atom. The maximum absolute atomic E-state index is 4.66. The lowest BCUT2D eigenvalue weighted by Crippen LogP contribution is -2.23. The van der Waals surface area contributed by atoms with E-state index in [2.05, 4.69) is 32.5 Å². The van der Waals surface area contributed by atoms with Crippen LogP contribution in [0.3, 0.4) is 0 Å². The molecule has 116 valence electrons. The Morgan fingerprint density at radius 1 is 1.09 bits per heavy atom. The average Bonchev–Trinajstić information content (AvgIpc) is 2.57.